The maximum atomic E-state index is 4.42. The van der Waals surface area contributed by atoms with Crippen molar-refractivity contribution >= 4 is 11.2 Å². The second-order valence-electron chi connectivity index (χ2n) is 5.87. The molecule has 1 N–H and O–H groups in total. The van der Waals surface area contributed by atoms with Gasteiger partial charge in [0, 0.05) is 37.8 Å². The molecule has 0 unspecified atom stereocenters. The number of aryl methyl sites for hydroxylation is 1. The number of nitrogens with one attached hydrogen (secondary N) is 1. The molecule has 1 saturated heterocycles. The van der Waals surface area contributed by atoms with Crippen molar-refractivity contribution in [2.75, 3.05) is 13.1 Å². The molecule has 0 amide bonds. The van der Waals surface area contributed by atoms with E-state index in [4.69, 9.17) is 0 Å². The van der Waals surface area contributed by atoms with Crippen molar-refractivity contribution in [3.63, 3.8) is 0 Å². The van der Waals surface area contributed by atoms with Crippen molar-refractivity contribution in [1.82, 2.24) is 34.6 Å². The zero-order chi connectivity index (χ0) is 14.9. The van der Waals surface area contributed by atoms with Gasteiger partial charge < -0.3 is 4.57 Å². The summed E-state index contributed by atoms with van der Waals surface area (Å²) in [5, 5.41) is 7.40. The van der Waals surface area contributed by atoms with Gasteiger partial charge in [0.2, 0.25) is 0 Å². The van der Waals surface area contributed by atoms with Crippen LogP contribution in [-0.4, -0.2) is 47.7 Å². The summed E-state index contributed by atoms with van der Waals surface area (Å²) in [4.78, 5) is 15.5. The van der Waals surface area contributed by atoms with Gasteiger partial charge in [0.05, 0.1) is 12.2 Å². The number of hydrogen-bond donors (Lipinski definition) is 1. The fourth-order valence-corrected chi connectivity index (χ4v) is 3.18. The summed E-state index contributed by atoms with van der Waals surface area (Å²) in [6.45, 7) is 3.05. The highest BCUT2D eigenvalue weighted by molar-refractivity contribution is 5.72. The van der Waals surface area contributed by atoms with Crippen LogP contribution in [0.5, 0.6) is 0 Å². The monoisotopic (exact) mass is 297 g/mol. The number of fused-ring (bicyclic) bond motifs is 1. The third kappa shape index (κ3) is 2.37. The third-order valence-corrected chi connectivity index (χ3v) is 4.50. The number of nitrogens with zero attached hydrogens (tertiary/aromatic N) is 6. The Bertz CT molecular complexity index is 767. The molecule has 0 bridgehead atoms. The van der Waals surface area contributed by atoms with Gasteiger partial charge in [0.15, 0.2) is 5.65 Å². The normalized spacial score (nSPS) is 17.3. The fraction of sp³-hybridized carbons (Fsp3) is 0.467. The highest BCUT2D eigenvalue weighted by Gasteiger charge is 2.24. The molecule has 1 aliphatic heterocycles. The minimum Gasteiger partial charge on any atom is -0.337 e. The van der Waals surface area contributed by atoms with E-state index in [9.17, 15) is 0 Å². The van der Waals surface area contributed by atoms with Crippen LogP contribution in [0.15, 0.2) is 24.8 Å². The molecule has 3 aromatic rings. The van der Waals surface area contributed by atoms with E-state index in [2.05, 4.69) is 34.6 Å². The van der Waals surface area contributed by atoms with Gasteiger partial charge >= 0.3 is 0 Å². The Morgan fingerprint density at radius 1 is 1.14 bits per heavy atom. The molecule has 7 nitrogen and oxygen atoms in total. The van der Waals surface area contributed by atoms with Crippen molar-refractivity contribution in [3.05, 3.63) is 36.3 Å². The fourth-order valence-electron chi connectivity index (χ4n) is 3.18. The molecule has 0 aliphatic carbocycles. The maximum Gasteiger partial charge on any atom is 0.199 e. The van der Waals surface area contributed by atoms with E-state index in [1.807, 2.05) is 19.4 Å². The van der Waals surface area contributed by atoms with E-state index in [1.165, 1.54) is 0 Å². The first kappa shape index (κ1) is 13.4. The molecule has 0 aromatic carbocycles. The molecule has 3 aromatic heterocycles. The Balaban J connectivity index is 1.44. The first-order chi connectivity index (χ1) is 10.8. The van der Waals surface area contributed by atoms with Crippen molar-refractivity contribution in [1.29, 1.82) is 0 Å². The molecule has 114 valence electrons. The second-order valence-corrected chi connectivity index (χ2v) is 5.87. The van der Waals surface area contributed by atoms with Gasteiger partial charge in [-0.1, -0.05) is 0 Å². The maximum absolute atomic E-state index is 4.42. The van der Waals surface area contributed by atoms with Gasteiger partial charge in [-0.15, -0.1) is 0 Å². The summed E-state index contributed by atoms with van der Waals surface area (Å²) < 4.78 is 2.09. The molecule has 22 heavy (non-hydrogen) atoms. The summed E-state index contributed by atoms with van der Waals surface area (Å²) in [7, 11) is 2.05. The van der Waals surface area contributed by atoms with E-state index in [-0.39, 0.29) is 0 Å². The molecule has 0 spiro atoms. The van der Waals surface area contributed by atoms with Gasteiger partial charge in [-0.05, 0) is 25.9 Å². The van der Waals surface area contributed by atoms with Gasteiger partial charge in [-0.2, -0.15) is 5.10 Å². The van der Waals surface area contributed by atoms with Crippen molar-refractivity contribution in [2.24, 2.45) is 7.05 Å². The SMILES string of the molecule is Cn1ccnc1CN1CCC(c2[nH]nc3nccnc23)CC1. The smallest absolute Gasteiger partial charge is 0.199 e. The van der Waals surface area contributed by atoms with Crippen molar-refractivity contribution in [3.8, 4) is 0 Å². The zero-order valence-corrected chi connectivity index (χ0v) is 12.6. The Morgan fingerprint density at radius 3 is 2.73 bits per heavy atom. The first-order valence-electron chi connectivity index (χ1n) is 7.65. The predicted octanol–water partition coefficient (Wildman–Crippen LogP) is 1.47. The van der Waals surface area contributed by atoms with Crippen LogP contribution >= 0.6 is 0 Å². The van der Waals surface area contributed by atoms with E-state index in [0.29, 0.717) is 11.6 Å². The quantitative estimate of drug-likeness (QED) is 0.792. The molecule has 4 heterocycles. The van der Waals surface area contributed by atoms with E-state index in [0.717, 1.165) is 49.5 Å². The lowest BCUT2D eigenvalue weighted by atomic mass is 9.93. The number of imidazole rings is 1. The average molecular weight is 297 g/mol. The van der Waals surface area contributed by atoms with E-state index >= 15 is 0 Å². The lowest BCUT2D eigenvalue weighted by molar-refractivity contribution is 0.197. The lowest BCUT2D eigenvalue weighted by Crippen LogP contribution is -2.33. The average Bonchev–Trinajstić information content (AvgIpc) is 3.15. The van der Waals surface area contributed by atoms with Crippen LogP contribution < -0.4 is 0 Å². The number of H-pyrrole nitrogens is 1. The van der Waals surface area contributed by atoms with Gasteiger partial charge in [0.1, 0.15) is 11.3 Å². The Kier molecular flexibility index (Phi) is 3.34. The van der Waals surface area contributed by atoms with Crippen LogP contribution in [0.4, 0.5) is 0 Å². The summed E-state index contributed by atoms with van der Waals surface area (Å²) in [5.41, 5.74) is 2.78. The van der Waals surface area contributed by atoms with Crippen molar-refractivity contribution < 1.29 is 0 Å². The Morgan fingerprint density at radius 2 is 1.95 bits per heavy atom. The molecule has 0 saturated carbocycles. The first-order valence-corrected chi connectivity index (χ1v) is 7.65. The molecule has 4 rings (SSSR count). The number of likely N-dealkylation sites (tertiary alicyclic amines) is 1. The highest BCUT2D eigenvalue weighted by atomic mass is 15.2. The number of aromatic amines is 1. The molecule has 1 fully saturated rings. The Labute approximate surface area is 128 Å². The highest BCUT2D eigenvalue weighted by Crippen LogP contribution is 2.30. The largest absolute Gasteiger partial charge is 0.337 e. The summed E-state index contributed by atoms with van der Waals surface area (Å²) in [5.74, 6) is 1.61. The summed E-state index contributed by atoms with van der Waals surface area (Å²) in [6.07, 6.45) is 9.49. The molecule has 0 radical (unpaired) electrons. The summed E-state index contributed by atoms with van der Waals surface area (Å²) >= 11 is 0. The van der Waals surface area contributed by atoms with E-state index in [1.54, 1.807) is 12.4 Å². The van der Waals surface area contributed by atoms with Gasteiger partial charge in [-0.3, -0.25) is 10.00 Å². The van der Waals surface area contributed by atoms with Crippen LogP contribution in [0, 0.1) is 0 Å². The van der Waals surface area contributed by atoms with Crippen LogP contribution in [0.1, 0.15) is 30.3 Å². The summed E-state index contributed by atoms with van der Waals surface area (Å²) in [6, 6.07) is 0. The van der Waals surface area contributed by atoms with Crippen LogP contribution in [0.25, 0.3) is 11.2 Å². The number of piperidine rings is 1. The molecule has 0 atom stereocenters. The third-order valence-electron chi connectivity index (χ3n) is 4.50. The molecule has 1 aliphatic rings. The minimum atomic E-state index is 0.485. The van der Waals surface area contributed by atoms with Crippen molar-refractivity contribution in [2.45, 2.75) is 25.3 Å². The molecule has 7 heteroatoms. The molecular formula is C15H19N7. The number of aromatic nitrogens is 6. The lowest BCUT2D eigenvalue weighted by Gasteiger charge is -2.31. The predicted molar refractivity (Wildman–Crippen MR) is 82.1 cm³/mol. The zero-order valence-electron chi connectivity index (χ0n) is 12.6. The van der Waals surface area contributed by atoms with Gasteiger partial charge in [0.25, 0.3) is 0 Å². The second kappa shape index (κ2) is 5.49. The standard InChI is InChI=1S/C15H19N7/c1-21-9-6-16-12(21)10-22-7-2-11(3-8-22)13-14-15(20-19-13)18-5-4-17-14/h4-6,9,11H,2-3,7-8,10H2,1H3,(H,18,19,20). The van der Waals surface area contributed by atoms with Gasteiger partial charge in [-0.25, -0.2) is 15.0 Å². The van der Waals surface area contributed by atoms with Crippen LogP contribution in [0.2, 0.25) is 0 Å². The van der Waals surface area contributed by atoms with E-state index < -0.39 is 0 Å². The van der Waals surface area contributed by atoms with Crippen LogP contribution in [0.3, 0.4) is 0 Å². The number of hydrogen-bond acceptors (Lipinski definition) is 5. The number of rotatable bonds is 3. The van der Waals surface area contributed by atoms with Crippen LogP contribution in [-0.2, 0) is 13.6 Å². The molecular weight excluding hydrogens is 278 g/mol. The Hall–Kier alpha value is -2.28. The minimum absolute atomic E-state index is 0.485. The topological polar surface area (TPSA) is 75.5 Å².